The number of nitriles is 1. The maximum atomic E-state index is 8.85. The van der Waals surface area contributed by atoms with Gasteiger partial charge in [-0.3, -0.25) is 0 Å². The highest BCUT2D eigenvalue weighted by Gasteiger charge is 2.02. The highest BCUT2D eigenvalue weighted by atomic mass is 16.3. The van der Waals surface area contributed by atoms with Crippen LogP contribution in [0.5, 0.6) is 0 Å². The molecule has 0 aromatic carbocycles. The van der Waals surface area contributed by atoms with Gasteiger partial charge in [-0.15, -0.1) is 0 Å². The number of hydrogen-bond donors (Lipinski definition) is 1. The van der Waals surface area contributed by atoms with Crippen molar-refractivity contribution in [3.8, 4) is 6.07 Å². The Labute approximate surface area is 64.9 Å². The Balaban J connectivity index is 2.30. The maximum absolute atomic E-state index is 8.85. The fraction of sp³-hybridized carbons (Fsp3) is 0.375. The van der Waals surface area contributed by atoms with Crippen molar-refractivity contribution >= 4 is 0 Å². The van der Waals surface area contributed by atoms with Gasteiger partial charge >= 0.3 is 0 Å². The van der Waals surface area contributed by atoms with Gasteiger partial charge in [0.15, 0.2) is 0 Å². The lowest BCUT2D eigenvalue weighted by Crippen LogP contribution is -2.03. The van der Waals surface area contributed by atoms with Crippen LogP contribution in [0.25, 0.3) is 0 Å². The topological polar surface area (TPSA) is 57.2 Å². The second-order valence-electron chi connectivity index (χ2n) is 2.26. The maximum Gasteiger partial charge on any atom is 0.140 e. The molecule has 1 aromatic rings. The summed E-state index contributed by atoms with van der Waals surface area (Å²) in [5.74, 6) is 0.805. The van der Waals surface area contributed by atoms with Crippen molar-refractivity contribution in [3.63, 3.8) is 0 Å². The van der Waals surface area contributed by atoms with Crippen LogP contribution >= 0.6 is 0 Å². The molecule has 1 heterocycles. The monoisotopic (exact) mass is 151 g/mol. The zero-order valence-electron chi connectivity index (χ0n) is 6.03. The van der Waals surface area contributed by atoms with E-state index in [1.54, 1.807) is 18.4 Å². The highest BCUT2D eigenvalue weighted by molar-refractivity contribution is 4.99. The molecule has 0 saturated heterocycles. The van der Waals surface area contributed by atoms with Crippen molar-refractivity contribution in [2.24, 2.45) is 0 Å². The van der Waals surface area contributed by atoms with E-state index in [0.29, 0.717) is 12.8 Å². The van der Waals surface area contributed by atoms with Crippen molar-refractivity contribution in [1.29, 1.82) is 5.26 Å². The predicted molar refractivity (Wildman–Crippen MR) is 38.6 cm³/mol. The Morgan fingerprint density at radius 3 is 3.09 bits per heavy atom. The Kier molecular flexibility index (Phi) is 2.70. The highest BCUT2D eigenvalue weighted by Crippen LogP contribution is 2.04. The molecule has 0 radical (unpaired) electrons. The fourth-order valence-corrected chi connectivity index (χ4v) is 0.798. The Morgan fingerprint density at radius 1 is 1.73 bits per heavy atom. The molecule has 0 spiro atoms. The molecule has 0 aliphatic carbocycles. The van der Waals surface area contributed by atoms with Gasteiger partial charge in [0.1, 0.15) is 11.9 Å². The largest absolute Gasteiger partial charge is 0.469 e. The van der Waals surface area contributed by atoms with E-state index in [4.69, 9.17) is 14.8 Å². The van der Waals surface area contributed by atoms with Gasteiger partial charge in [0.2, 0.25) is 0 Å². The summed E-state index contributed by atoms with van der Waals surface area (Å²) < 4.78 is 5.01. The SMILES string of the molecule is N#CC(O)CCc1ccco1. The number of aliphatic hydroxyl groups excluding tert-OH is 1. The molecule has 1 unspecified atom stereocenters. The lowest BCUT2D eigenvalue weighted by atomic mass is 10.2. The van der Waals surface area contributed by atoms with Crippen LogP contribution in [0.3, 0.4) is 0 Å². The van der Waals surface area contributed by atoms with Crippen LogP contribution in [0.1, 0.15) is 12.2 Å². The van der Waals surface area contributed by atoms with Crippen molar-refractivity contribution in [3.05, 3.63) is 24.2 Å². The van der Waals surface area contributed by atoms with Crippen molar-refractivity contribution in [2.75, 3.05) is 0 Å². The Bertz CT molecular complexity index is 235. The summed E-state index contributed by atoms with van der Waals surface area (Å²) in [6, 6.07) is 5.35. The number of furan rings is 1. The van der Waals surface area contributed by atoms with Crippen LogP contribution in [0.4, 0.5) is 0 Å². The van der Waals surface area contributed by atoms with Gasteiger partial charge in [-0.05, 0) is 18.6 Å². The Morgan fingerprint density at radius 2 is 2.55 bits per heavy atom. The van der Waals surface area contributed by atoms with Gasteiger partial charge < -0.3 is 9.52 Å². The number of aryl methyl sites for hydroxylation is 1. The van der Waals surface area contributed by atoms with E-state index in [1.165, 1.54) is 0 Å². The third-order valence-electron chi connectivity index (χ3n) is 1.39. The number of nitrogens with zero attached hydrogens (tertiary/aromatic N) is 1. The Hall–Kier alpha value is -1.27. The van der Waals surface area contributed by atoms with Crippen LogP contribution in [-0.2, 0) is 6.42 Å². The summed E-state index contributed by atoms with van der Waals surface area (Å²) in [6.07, 6.45) is 1.75. The number of rotatable bonds is 3. The van der Waals surface area contributed by atoms with Gasteiger partial charge in [0.05, 0.1) is 12.3 Å². The first-order valence-corrected chi connectivity index (χ1v) is 3.43. The van der Waals surface area contributed by atoms with Gasteiger partial charge in [0, 0.05) is 6.42 Å². The molecular formula is C8H9NO2. The number of hydrogen-bond acceptors (Lipinski definition) is 3. The molecule has 3 nitrogen and oxygen atoms in total. The average molecular weight is 151 g/mol. The zero-order valence-corrected chi connectivity index (χ0v) is 6.03. The van der Waals surface area contributed by atoms with E-state index >= 15 is 0 Å². The predicted octanol–water partition coefficient (Wildman–Crippen LogP) is 1.10. The van der Waals surface area contributed by atoms with Gasteiger partial charge in [-0.1, -0.05) is 0 Å². The van der Waals surface area contributed by atoms with Gasteiger partial charge in [-0.2, -0.15) is 5.26 Å². The van der Waals surface area contributed by atoms with Crippen LogP contribution in [0, 0.1) is 11.3 Å². The molecule has 11 heavy (non-hydrogen) atoms. The molecule has 0 amide bonds. The smallest absolute Gasteiger partial charge is 0.140 e. The molecule has 1 atom stereocenters. The van der Waals surface area contributed by atoms with Crippen LogP contribution in [0.15, 0.2) is 22.8 Å². The van der Waals surface area contributed by atoms with Crippen molar-refractivity contribution < 1.29 is 9.52 Å². The molecule has 0 saturated carbocycles. The van der Waals surface area contributed by atoms with Crippen molar-refractivity contribution in [2.45, 2.75) is 18.9 Å². The third-order valence-corrected chi connectivity index (χ3v) is 1.39. The van der Waals surface area contributed by atoms with Gasteiger partial charge in [-0.25, -0.2) is 0 Å². The lowest BCUT2D eigenvalue weighted by molar-refractivity contribution is 0.217. The molecule has 0 fully saturated rings. The summed E-state index contributed by atoms with van der Waals surface area (Å²) in [6.45, 7) is 0. The first-order valence-electron chi connectivity index (χ1n) is 3.43. The molecule has 0 aliphatic rings. The summed E-state index contributed by atoms with van der Waals surface area (Å²) in [7, 11) is 0. The molecule has 58 valence electrons. The first kappa shape index (κ1) is 7.83. The fourth-order valence-electron chi connectivity index (χ4n) is 0.798. The van der Waals surface area contributed by atoms with E-state index in [1.807, 2.05) is 6.07 Å². The second-order valence-corrected chi connectivity index (χ2v) is 2.26. The summed E-state index contributed by atoms with van der Waals surface area (Å²) in [5, 5.41) is 17.1. The van der Waals surface area contributed by atoms with E-state index in [0.717, 1.165) is 5.76 Å². The van der Waals surface area contributed by atoms with E-state index in [9.17, 15) is 0 Å². The zero-order chi connectivity index (χ0) is 8.10. The van der Waals surface area contributed by atoms with Crippen LogP contribution < -0.4 is 0 Å². The quantitative estimate of drug-likeness (QED) is 0.658. The molecule has 1 aromatic heterocycles. The summed E-state index contributed by atoms with van der Waals surface area (Å²) in [4.78, 5) is 0. The third kappa shape index (κ3) is 2.44. The average Bonchev–Trinajstić information content (AvgIpc) is 2.52. The van der Waals surface area contributed by atoms with E-state index < -0.39 is 6.10 Å². The normalized spacial score (nSPS) is 12.4. The first-order chi connectivity index (χ1) is 5.33. The van der Waals surface area contributed by atoms with Crippen molar-refractivity contribution in [1.82, 2.24) is 0 Å². The standard InChI is InChI=1S/C8H9NO2/c9-6-7(10)3-4-8-2-1-5-11-8/h1-2,5,7,10H,3-4H2. The summed E-state index contributed by atoms with van der Waals surface area (Å²) in [5.41, 5.74) is 0. The number of aliphatic hydroxyl groups is 1. The second kappa shape index (κ2) is 3.79. The summed E-state index contributed by atoms with van der Waals surface area (Å²) >= 11 is 0. The molecule has 3 heteroatoms. The minimum absolute atomic E-state index is 0.435. The minimum Gasteiger partial charge on any atom is -0.469 e. The van der Waals surface area contributed by atoms with Crippen LogP contribution in [-0.4, -0.2) is 11.2 Å². The molecule has 0 aliphatic heterocycles. The molecule has 0 bridgehead atoms. The molecule has 1 N–H and O–H groups in total. The van der Waals surface area contributed by atoms with E-state index in [-0.39, 0.29) is 0 Å². The molecular weight excluding hydrogens is 142 g/mol. The van der Waals surface area contributed by atoms with Gasteiger partial charge in [0.25, 0.3) is 0 Å². The van der Waals surface area contributed by atoms with E-state index in [2.05, 4.69) is 0 Å². The molecule has 1 rings (SSSR count). The van der Waals surface area contributed by atoms with Crippen LogP contribution in [0.2, 0.25) is 0 Å². The lowest BCUT2D eigenvalue weighted by Gasteiger charge is -1.97. The minimum atomic E-state index is -0.875.